The van der Waals surface area contributed by atoms with Crippen molar-refractivity contribution in [2.24, 2.45) is 0 Å². The predicted octanol–water partition coefficient (Wildman–Crippen LogP) is 3.41. The highest BCUT2D eigenvalue weighted by Gasteiger charge is 2.49. The Balaban J connectivity index is 2.11. The van der Waals surface area contributed by atoms with Crippen molar-refractivity contribution in [3.8, 4) is 0 Å². The molecule has 1 aromatic carbocycles. The Morgan fingerprint density at radius 3 is 2.44 bits per heavy atom. The van der Waals surface area contributed by atoms with E-state index >= 15 is 0 Å². The third-order valence-electron chi connectivity index (χ3n) is 3.91. The molecule has 3 rings (SSSR count). The Labute approximate surface area is 151 Å². The number of aromatic amines is 1. The molecule has 0 radical (unpaired) electrons. The quantitative estimate of drug-likeness (QED) is 0.664. The van der Waals surface area contributed by atoms with E-state index in [0.717, 1.165) is 30.5 Å². The molecule has 144 valence electrons. The van der Waals surface area contributed by atoms with E-state index in [1.807, 2.05) is 0 Å². The van der Waals surface area contributed by atoms with Crippen LogP contribution in [0, 0.1) is 5.82 Å². The van der Waals surface area contributed by atoms with Gasteiger partial charge < -0.3 is 4.98 Å². The maximum absolute atomic E-state index is 13.8. The highest BCUT2D eigenvalue weighted by Crippen LogP contribution is 2.40. The smallest absolute Gasteiger partial charge is 0.345 e. The first-order valence-electron chi connectivity index (χ1n) is 7.78. The van der Waals surface area contributed by atoms with E-state index in [9.17, 15) is 26.0 Å². The van der Waals surface area contributed by atoms with E-state index in [0.29, 0.717) is 5.65 Å². The third-order valence-corrected chi connectivity index (χ3v) is 5.72. The van der Waals surface area contributed by atoms with Crippen molar-refractivity contribution in [1.29, 1.82) is 0 Å². The number of benzene rings is 1. The van der Waals surface area contributed by atoms with Gasteiger partial charge in [-0.2, -0.15) is 17.5 Å². The number of hydrogen-bond acceptors (Lipinski definition) is 4. The van der Waals surface area contributed by atoms with Crippen LogP contribution < -0.4 is 0 Å². The molecule has 6 nitrogen and oxygen atoms in total. The fraction of sp³-hybridized carbons (Fsp3) is 0.250. The maximum atomic E-state index is 13.8. The monoisotopic (exact) mass is 402 g/mol. The summed E-state index contributed by atoms with van der Waals surface area (Å²) in [5.41, 5.74) is 0.116. The molecule has 0 aliphatic carbocycles. The summed E-state index contributed by atoms with van der Waals surface area (Å²) in [6, 6.07) is 2.48. The van der Waals surface area contributed by atoms with Crippen LogP contribution in [0.4, 0.5) is 17.6 Å². The standard InChI is InChI=1S/C16H14F4N4O2S/c1-2-24(14(16(18,19)20)10-3-5-11(17)6-4-10)27(25,26)13-9-22-15-12(23-13)7-8-21-15/h3-9,14H,2H2,1H3,(H,21,22). The molecule has 2 aromatic heterocycles. The second kappa shape index (κ2) is 6.89. The lowest BCUT2D eigenvalue weighted by molar-refractivity contribution is -0.173. The number of hydrogen-bond donors (Lipinski definition) is 1. The van der Waals surface area contributed by atoms with Gasteiger partial charge in [0.1, 0.15) is 17.4 Å². The number of H-pyrrole nitrogens is 1. The fourth-order valence-corrected chi connectivity index (χ4v) is 4.21. The Bertz CT molecular complexity index is 1050. The van der Waals surface area contributed by atoms with Gasteiger partial charge in [0.25, 0.3) is 10.0 Å². The number of nitrogens with zero attached hydrogens (tertiary/aromatic N) is 3. The Morgan fingerprint density at radius 2 is 1.85 bits per heavy atom. The van der Waals surface area contributed by atoms with Crippen molar-refractivity contribution < 1.29 is 26.0 Å². The van der Waals surface area contributed by atoms with E-state index in [1.165, 1.54) is 19.2 Å². The number of rotatable bonds is 5. The SMILES string of the molecule is CCN(C(c1ccc(F)cc1)C(F)(F)F)S(=O)(=O)c1cnc2[nH]ccc2n1. The molecular weight excluding hydrogens is 388 g/mol. The summed E-state index contributed by atoms with van der Waals surface area (Å²) in [4.78, 5) is 10.5. The number of halogens is 4. The minimum absolute atomic E-state index is 0.206. The minimum atomic E-state index is -4.92. The van der Waals surface area contributed by atoms with E-state index in [2.05, 4.69) is 15.0 Å². The Hall–Kier alpha value is -2.53. The molecule has 0 aliphatic heterocycles. The average molecular weight is 402 g/mol. The lowest BCUT2D eigenvalue weighted by Crippen LogP contribution is -2.42. The number of fused-ring (bicyclic) bond motifs is 1. The van der Waals surface area contributed by atoms with Crippen LogP contribution in [0.25, 0.3) is 11.2 Å². The van der Waals surface area contributed by atoms with E-state index < -0.39 is 45.2 Å². The van der Waals surface area contributed by atoms with Crippen molar-refractivity contribution in [3.05, 3.63) is 54.1 Å². The molecule has 1 N–H and O–H groups in total. The summed E-state index contributed by atoms with van der Waals surface area (Å²) in [5, 5.41) is -0.604. The van der Waals surface area contributed by atoms with Gasteiger partial charge in [0.2, 0.25) is 0 Å². The molecule has 0 spiro atoms. The first-order chi connectivity index (χ1) is 12.6. The lowest BCUT2D eigenvalue weighted by Gasteiger charge is -2.31. The molecule has 0 bridgehead atoms. The fourth-order valence-electron chi connectivity index (χ4n) is 2.71. The molecule has 0 fully saturated rings. The molecule has 1 unspecified atom stereocenters. The second-order valence-corrected chi connectivity index (χ2v) is 7.46. The third kappa shape index (κ3) is 3.65. The summed E-state index contributed by atoms with van der Waals surface area (Å²) in [6.45, 7) is 0.804. The predicted molar refractivity (Wildman–Crippen MR) is 88.7 cm³/mol. The van der Waals surface area contributed by atoms with Crippen LogP contribution in [0.3, 0.4) is 0 Å². The van der Waals surface area contributed by atoms with Crippen molar-refractivity contribution in [2.45, 2.75) is 24.2 Å². The van der Waals surface area contributed by atoms with Gasteiger partial charge in [-0.25, -0.2) is 22.8 Å². The Kier molecular flexibility index (Phi) is 4.91. The summed E-state index contributed by atoms with van der Waals surface area (Å²) in [6.07, 6.45) is -2.54. The van der Waals surface area contributed by atoms with E-state index in [1.54, 1.807) is 0 Å². The van der Waals surface area contributed by atoms with Crippen LogP contribution in [0.15, 0.2) is 47.8 Å². The lowest BCUT2D eigenvalue weighted by atomic mass is 10.1. The average Bonchev–Trinajstić information content (AvgIpc) is 3.07. The van der Waals surface area contributed by atoms with Crippen LogP contribution in [0.1, 0.15) is 18.5 Å². The van der Waals surface area contributed by atoms with Gasteiger partial charge in [-0.15, -0.1) is 0 Å². The summed E-state index contributed by atoms with van der Waals surface area (Å²) < 4.78 is 80.4. The zero-order chi connectivity index (χ0) is 19.8. The molecule has 0 saturated heterocycles. The second-order valence-electron chi connectivity index (χ2n) is 5.62. The highest BCUT2D eigenvalue weighted by atomic mass is 32.2. The zero-order valence-corrected chi connectivity index (χ0v) is 14.7. The van der Waals surface area contributed by atoms with Gasteiger partial charge in [-0.05, 0) is 23.8 Å². The van der Waals surface area contributed by atoms with Crippen molar-refractivity contribution in [3.63, 3.8) is 0 Å². The molecule has 27 heavy (non-hydrogen) atoms. The van der Waals surface area contributed by atoms with Gasteiger partial charge in [-0.1, -0.05) is 19.1 Å². The highest BCUT2D eigenvalue weighted by molar-refractivity contribution is 7.89. The number of alkyl halides is 3. The van der Waals surface area contributed by atoms with Gasteiger partial charge in [0.15, 0.2) is 10.7 Å². The number of aromatic nitrogens is 3. The van der Waals surface area contributed by atoms with Gasteiger partial charge in [0.05, 0.1) is 6.20 Å². The minimum Gasteiger partial charge on any atom is -0.345 e. The summed E-state index contributed by atoms with van der Waals surface area (Å²) >= 11 is 0. The van der Waals surface area contributed by atoms with Crippen molar-refractivity contribution >= 4 is 21.2 Å². The Morgan fingerprint density at radius 1 is 1.19 bits per heavy atom. The van der Waals surface area contributed by atoms with Gasteiger partial charge >= 0.3 is 6.18 Å². The van der Waals surface area contributed by atoms with Crippen molar-refractivity contribution in [2.75, 3.05) is 6.54 Å². The molecule has 2 heterocycles. The molecule has 11 heteroatoms. The van der Waals surface area contributed by atoms with Crippen LogP contribution in [0.5, 0.6) is 0 Å². The molecule has 0 saturated carbocycles. The number of nitrogens with one attached hydrogen (secondary N) is 1. The topological polar surface area (TPSA) is 79.0 Å². The molecule has 3 aromatic rings. The summed E-state index contributed by atoms with van der Waals surface area (Å²) in [7, 11) is -4.63. The number of sulfonamides is 1. The van der Waals surface area contributed by atoms with E-state index in [-0.39, 0.29) is 9.82 Å². The largest absolute Gasteiger partial charge is 0.409 e. The van der Waals surface area contributed by atoms with Gasteiger partial charge in [-0.3, -0.25) is 0 Å². The van der Waals surface area contributed by atoms with Crippen LogP contribution in [0.2, 0.25) is 0 Å². The van der Waals surface area contributed by atoms with Crippen LogP contribution >= 0.6 is 0 Å². The first kappa shape index (κ1) is 19.2. The molecular formula is C16H14F4N4O2S. The van der Waals surface area contributed by atoms with Gasteiger partial charge in [0, 0.05) is 12.7 Å². The first-order valence-corrected chi connectivity index (χ1v) is 9.22. The van der Waals surface area contributed by atoms with Crippen molar-refractivity contribution in [1.82, 2.24) is 19.3 Å². The van der Waals surface area contributed by atoms with E-state index in [4.69, 9.17) is 0 Å². The molecule has 1 atom stereocenters. The normalized spacial score (nSPS) is 14.0. The van der Waals surface area contributed by atoms with Crippen LogP contribution in [-0.2, 0) is 10.0 Å². The zero-order valence-electron chi connectivity index (χ0n) is 13.9. The maximum Gasteiger partial charge on any atom is 0.409 e. The molecule has 0 aliphatic rings. The van der Waals surface area contributed by atoms with Crippen LogP contribution in [-0.4, -0.2) is 40.4 Å². The molecule has 0 amide bonds. The summed E-state index contributed by atoms with van der Waals surface area (Å²) in [5.74, 6) is -0.727.